The first-order chi connectivity index (χ1) is 10.3. The van der Waals surface area contributed by atoms with Gasteiger partial charge in [0, 0.05) is 25.6 Å². The Labute approximate surface area is 131 Å². The van der Waals surface area contributed by atoms with Crippen molar-refractivity contribution < 1.29 is 17.7 Å². The largest absolute Gasteiger partial charge is 0.360 e. The lowest BCUT2D eigenvalue weighted by Crippen LogP contribution is -2.46. The molecule has 1 aliphatic rings. The first kappa shape index (κ1) is 17.0. The van der Waals surface area contributed by atoms with Crippen LogP contribution in [0, 0.1) is 13.8 Å². The van der Waals surface area contributed by atoms with Crippen LogP contribution in [0.2, 0.25) is 0 Å². The minimum absolute atomic E-state index is 0.122. The van der Waals surface area contributed by atoms with Crippen LogP contribution in [0.25, 0.3) is 0 Å². The normalized spacial score (nSPS) is 17.0. The Kier molecular flexibility index (Phi) is 5.23. The quantitative estimate of drug-likeness (QED) is 0.880. The number of nitrogens with one attached hydrogen (secondary N) is 1. The highest BCUT2D eigenvalue weighted by Crippen LogP contribution is 2.21. The van der Waals surface area contributed by atoms with Crippen LogP contribution in [0.15, 0.2) is 9.42 Å². The van der Waals surface area contributed by atoms with E-state index in [1.807, 2.05) is 11.8 Å². The molecule has 1 amide bonds. The standard InChI is InChI=1S/C14H23N3O4S/c1-4-5-13(18)17-8-6-12(7-9-17)16-22(19,20)14-10(2)15-21-11(14)3/h12,16H,4-9H2,1-3H3. The van der Waals surface area contributed by atoms with E-state index in [-0.39, 0.29) is 16.8 Å². The van der Waals surface area contributed by atoms with Crippen LogP contribution in [0.3, 0.4) is 0 Å². The Morgan fingerprint density at radius 2 is 2.00 bits per heavy atom. The van der Waals surface area contributed by atoms with E-state index in [1.165, 1.54) is 0 Å². The van der Waals surface area contributed by atoms with Gasteiger partial charge in [0.1, 0.15) is 10.6 Å². The molecule has 2 rings (SSSR count). The van der Waals surface area contributed by atoms with Crippen molar-refractivity contribution in [1.82, 2.24) is 14.8 Å². The summed E-state index contributed by atoms with van der Waals surface area (Å²) >= 11 is 0. The van der Waals surface area contributed by atoms with Gasteiger partial charge in [-0.15, -0.1) is 0 Å². The highest BCUT2D eigenvalue weighted by atomic mass is 32.2. The van der Waals surface area contributed by atoms with Crippen LogP contribution in [0.1, 0.15) is 44.1 Å². The van der Waals surface area contributed by atoms with E-state index in [4.69, 9.17) is 4.52 Å². The first-order valence-electron chi connectivity index (χ1n) is 7.58. The van der Waals surface area contributed by atoms with Crippen molar-refractivity contribution in [3.8, 4) is 0 Å². The van der Waals surface area contributed by atoms with Crippen molar-refractivity contribution in [2.24, 2.45) is 0 Å². The van der Waals surface area contributed by atoms with Crippen LogP contribution in [-0.2, 0) is 14.8 Å². The molecule has 0 bridgehead atoms. The summed E-state index contributed by atoms with van der Waals surface area (Å²) < 4.78 is 32.5. The minimum atomic E-state index is -3.64. The number of sulfonamides is 1. The van der Waals surface area contributed by atoms with Gasteiger partial charge in [0.15, 0.2) is 5.76 Å². The lowest BCUT2D eigenvalue weighted by Gasteiger charge is -2.32. The number of nitrogens with zero attached hydrogens (tertiary/aromatic N) is 2. The Hall–Kier alpha value is -1.41. The summed E-state index contributed by atoms with van der Waals surface area (Å²) in [7, 11) is -3.64. The van der Waals surface area contributed by atoms with Crippen molar-refractivity contribution in [3.63, 3.8) is 0 Å². The molecule has 0 atom stereocenters. The third kappa shape index (κ3) is 3.67. The molecule has 0 radical (unpaired) electrons. The molecule has 124 valence electrons. The van der Waals surface area contributed by atoms with Gasteiger partial charge >= 0.3 is 0 Å². The van der Waals surface area contributed by atoms with Crippen molar-refractivity contribution in [3.05, 3.63) is 11.5 Å². The zero-order chi connectivity index (χ0) is 16.3. The number of hydrogen-bond acceptors (Lipinski definition) is 5. The van der Waals surface area contributed by atoms with E-state index in [0.29, 0.717) is 43.8 Å². The number of aryl methyl sites for hydroxylation is 2. The maximum atomic E-state index is 12.4. The number of piperidine rings is 1. The summed E-state index contributed by atoms with van der Waals surface area (Å²) in [5, 5.41) is 3.68. The van der Waals surface area contributed by atoms with E-state index >= 15 is 0 Å². The Morgan fingerprint density at radius 1 is 1.36 bits per heavy atom. The fourth-order valence-corrected chi connectivity index (χ4v) is 4.39. The van der Waals surface area contributed by atoms with Crippen LogP contribution in [0.4, 0.5) is 0 Å². The Morgan fingerprint density at radius 3 is 2.50 bits per heavy atom. The summed E-state index contributed by atoms with van der Waals surface area (Å²) in [6.07, 6.45) is 2.63. The molecule has 8 heteroatoms. The predicted molar refractivity (Wildman–Crippen MR) is 80.8 cm³/mol. The third-order valence-corrected chi connectivity index (χ3v) is 5.63. The molecule has 1 aliphatic heterocycles. The second-order valence-corrected chi connectivity index (χ2v) is 7.33. The highest BCUT2D eigenvalue weighted by Gasteiger charge is 2.29. The van der Waals surface area contributed by atoms with Crippen molar-refractivity contribution in [2.75, 3.05) is 13.1 Å². The van der Waals surface area contributed by atoms with E-state index < -0.39 is 10.0 Å². The topological polar surface area (TPSA) is 92.5 Å². The number of hydrogen-bond donors (Lipinski definition) is 1. The van der Waals surface area contributed by atoms with Gasteiger partial charge < -0.3 is 9.42 Å². The summed E-state index contributed by atoms with van der Waals surface area (Å²) in [4.78, 5) is 13.8. The minimum Gasteiger partial charge on any atom is -0.360 e. The van der Waals surface area contributed by atoms with Crippen LogP contribution in [0.5, 0.6) is 0 Å². The molecular formula is C14H23N3O4S. The molecule has 1 N–H and O–H groups in total. The molecule has 0 aromatic carbocycles. The number of carbonyl (C=O) groups excluding carboxylic acids is 1. The van der Waals surface area contributed by atoms with Gasteiger partial charge in [-0.05, 0) is 33.1 Å². The lowest BCUT2D eigenvalue weighted by atomic mass is 10.1. The van der Waals surface area contributed by atoms with E-state index in [0.717, 1.165) is 6.42 Å². The zero-order valence-electron chi connectivity index (χ0n) is 13.3. The molecule has 0 unspecified atom stereocenters. The molecule has 0 aliphatic carbocycles. The summed E-state index contributed by atoms with van der Waals surface area (Å²) in [6, 6.07) is -0.163. The van der Waals surface area contributed by atoms with Gasteiger partial charge in [-0.2, -0.15) is 0 Å². The second-order valence-electron chi connectivity index (χ2n) is 5.68. The molecule has 0 saturated carbocycles. The molecule has 1 fully saturated rings. The van der Waals surface area contributed by atoms with Crippen LogP contribution < -0.4 is 4.72 Å². The zero-order valence-corrected chi connectivity index (χ0v) is 14.1. The maximum absolute atomic E-state index is 12.4. The molecule has 22 heavy (non-hydrogen) atoms. The molecule has 2 heterocycles. The number of amides is 1. The van der Waals surface area contributed by atoms with Gasteiger partial charge in [0.2, 0.25) is 15.9 Å². The summed E-state index contributed by atoms with van der Waals surface area (Å²) in [5.41, 5.74) is 0.362. The SMILES string of the molecule is CCCC(=O)N1CCC(NS(=O)(=O)c2c(C)noc2C)CC1. The maximum Gasteiger partial charge on any atom is 0.246 e. The van der Waals surface area contributed by atoms with Gasteiger partial charge in [0.25, 0.3) is 0 Å². The average molecular weight is 329 g/mol. The molecule has 1 saturated heterocycles. The monoisotopic (exact) mass is 329 g/mol. The predicted octanol–water partition coefficient (Wildman–Crippen LogP) is 1.36. The number of aromatic nitrogens is 1. The molecule has 7 nitrogen and oxygen atoms in total. The van der Waals surface area contributed by atoms with Crippen LogP contribution >= 0.6 is 0 Å². The van der Waals surface area contributed by atoms with Crippen molar-refractivity contribution in [1.29, 1.82) is 0 Å². The summed E-state index contributed by atoms with van der Waals surface area (Å²) in [6.45, 7) is 6.35. The third-order valence-electron chi connectivity index (χ3n) is 3.87. The van der Waals surface area contributed by atoms with Gasteiger partial charge in [-0.1, -0.05) is 12.1 Å². The number of likely N-dealkylation sites (tertiary alicyclic amines) is 1. The lowest BCUT2D eigenvalue weighted by molar-refractivity contribution is -0.132. The molecule has 1 aromatic heterocycles. The van der Waals surface area contributed by atoms with Crippen molar-refractivity contribution in [2.45, 2.75) is 57.4 Å². The first-order valence-corrected chi connectivity index (χ1v) is 9.06. The Bertz CT molecular complexity index is 611. The average Bonchev–Trinajstić information content (AvgIpc) is 2.79. The second kappa shape index (κ2) is 6.78. The number of carbonyl (C=O) groups is 1. The van der Waals surface area contributed by atoms with Gasteiger partial charge in [-0.3, -0.25) is 4.79 Å². The Balaban J connectivity index is 1.97. The van der Waals surface area contributed by atoms with E-state index in [1.54, 1.807) is 13.8 Å². The highest BCUT2D eigenvalue weighted by molar-refractivity contribution is 7.89. The van der Waals surface area contributed by atoms with Gasteiger partial charge in [0.05, 0.1) is 0 Å². The van der Waals surface area contributed by atoms with Crippen LogP contribution in [-0.4, -0.2) is 43.5 Å². The fraction of sp³-hybridized carbons (Fsp3) is 0.714. The van der Waals surface area contributed by atoms with Crippen molar-refractivity contribution >= 4 is 15.9 Å². The number of rotatable bonds is 5. The summed E-state index contributed by atoms with van der Waals surface area (Å²) in [5.74, 6) is 0.440. The fourth-order valence-electron chi connectivity index (χ4n) is 2.76. The molecule has 1 aromatic rings. The molecule has 0 spiro atoms. The smallest absolute Gasteiger partial charge is 0.246 e. The van der Waals surface area contributed by atoms with E-state index in [9.17, 15) is 13.2 Å². The van der Waals surface area contributed by atoms with E-state index in [2.05, 4.69) is 9.88 Å². The van der Waals surface area contributed by atoms with Gasteiger partial charge in [-0.25, -0.2) is 13.1 Å². The molecular weight excluding hydrogens is 306 g/mol.